The fourth-order valence-electron chi connectivity index (χ4n) is 2.51. The zero-order valence-corrected chi connectivity index (χ0v) is 14.3. The Bertz CT molecular complexity index is 731. The van der Waals surface area contributed by atoms with Gasteiger partial charge >= 0.3 is 6.09 Å². The molecule has 0 fully saturated rings. The molecule has 1 radical (unpaired) electrons. The Morgan fingerprint density at radius 3 is 2.67 bits per heavy atom. The van der Waals surface area contributed by atoms with Crippen molar-refractivity contribution in [1.82, 2.24) is 4.90 Å². The van der Waals surface area contributed by atoms with Crippen LogP contribution in [0.2, 0.25) is 0 Å². The summed E-state index contributed by atoms with van der Waals surface area (Å²) in [5.74, 6) is 2.09. The van der Waals surface area contributed by atoms with Gasteiger partial charge in [0.15, 0.2) is 0 Å². The van der Waals surface area contributed by atoms with Gasteiger partial charge in [-0.3, -0.25) is 5.32 Å². The fourth-order valence-corrected chi connectivity index (χ4v) is 3.29. The second kappa shape index (κ2) is 7.93. The van der Waals surface area contributed by atoms with Crippen molar-refractivity contribution in [3.8, 4) is 0 Å². The number of carbonyl (C=O) groups is 1. The summed E-state index contributed by atoms with van der Waals surface area (Å²) in [5, 5.41) is 4.91. The van der Waals surface area contributed by atoms with Crippen LogP contribution in [0.25, 0.3) is 5.70 Å². The number of nitrogens with one attached hydrogen (secondary N) is 1. The minimum Gasteiger partial charge on any atom is -0.450 e. The van der Waals surface area contributed by atoms with Crippen LogP contribution in [-0.4, -0.2) is 17.6 Å². The van der Waals surface area contributed by atoms with E-state index in [9.17, 15) is 4.79 Å². The maximum absolute atomic E-state index is 11.8. The topological polar surface area (TPSA) is 41.6 Å². The molecule has 24 heavy (non-hydrogen) atoms. The van der Waals surface area contributed by atoms with Gasteiger partial charge in [-0.25, -0.2) is 4.79 Å². The average molecular weight is 339 g/mol. The van der Waals surface area contributed by atoms with Gasteiger partial charge in [0.2, 0.25) is 0 Å². The molecule has 0 unspecified atom stereocenters. The van der Waals surface area contributed by atoms with Crippen LogP contribution in [0.4, 0.5) is 10.5 Å². The van der Waals surface area contributed by atoms with Crippen molar-refractivity contribution in [3.05, 3.63) is 77.0 Å². The minimum atomic E-state index is -0.435. The molecule has 1 amide bonds. The van der Waals surface area contributed by atoms with Crippen LogP contribution in [0.5, 0.6) is 0 Å². The number of thioether (sulfide) groups is 1. The number of amides is 1. The molecule has 1 heterocycles. The number of anilines is 1. The first kappa shape index (κ1) is 16.5. The minimum absolute atomic E-state index is 0.348. The number of carbonyl (C=O) groups excluding carboxylic acids is 1. The lowest BCUT2D eigenvalue weighted by molar-refractivity contribution is 0.168. The molecule has 1 aliphatic heterocycles. The van der Waals surface area contributed by atoms with E-state index in [0.29, 0.717) is 6.61 Å². The molecular weight excluding hydrogens is 320 g/mol. The second-order valence-corrected chi connectivity index (χ2v) is 5.97. The monoisotopic (exact) mass is 339 g/mol. The molecule has 2 aromatic rings. The highest BCUT2D eigenvalue weighted by Gasteiger charge is 2.21. The van der Waals surface area contributed by atoms with Gasteiger partial charge < -0.3 is 9.64 Å². The van der Waals surface area contributed by atoms with Gasteiger partial charge in [0.05, 0.1) is 18.0 Å². The van der Waals surface area contributed by atoms with E-state index >= 15 is 0 Å². The molecule has 1 N–H and O–H groups in total. The number of rotatable bonds is 5. The first-order valence-electron chi connectivity index (χ1n) is 7.80. The van der Waals surface area contributed by atoms with E-state index in [1.165, 1.54) is 5.56 Å². The normalized spacial score (nSPS) is 13.5. The lowest BCUT2D eigenvalue weighted by atomic mass is 10.1. The van der Waals surface area contributed by atoms with Gasteiger partial charge in [0, 0.05) is 12.1 Å². The van der Waals surface area contributed by atoms with E-state index in [2.05, 4.69) is 33.6 Å². The molecule has 0 atom stereocenters. The standard InChI is InChI=1S/C19H19N2O2S/c1-2-23-19(22)20-17-11-7-6-10-16(17)18-13-24-14-21(18)12-15-8-4-3-5-9-15/h3-11,13-14H,2,12H2,1H3,(H,20,22). The van der Waals surface area contributed by atoms with Gasteiger partial charge in [0.1, 0.15) is 5.88 Å². The third kappa shape index (κ3) is 3.92. The van der Waals surface area contributed by atoms with Crippen molar-refractivity contribution in [1.29, 1.82) is 0 Å². The third-order valence-corrected chi connectivity index (χ3v) is 4.32. The number of ether oxygens (including phenoxy) is 1. The summed E-state index contributed by atoms with van der Waals surface area (Å²) < 4.78 is 4.99. The summed E-state index contributed by atoms with van der Waals surface area (Å²) >= 11 is 1.64. The van der Waals surface area contributed by atoms with Crippen molar-refractivity contribution < 1.29 is 9.53 Å². The SMILES string of the molecule is CCOC(=O)Nc1ccccc1C1=CS[CH]N1Cc1ccccc1. The average Bonchev–Trinajstić information content (AvgIpc) is 3.04. The smallest absolute Gasteiger partial charge is 0.411 e. The second-order valence-electron chi connectivity index (χ2n) is 5.25. The molecule has 0 saturated carbocycles. The van der Waals surface area contributed by atoms with E-state index in [1.807, 2.05) is 42.5 Å². The molecule has 0 aromatic heterocycles. The Kier molecular flexibility index (Phi) is 5.43. The molecule has 0 saturated heterocycles. The predicted octanol–water partition coefficient (Wildman–Crippen LogP) is 4.92. The lowest BCUT2D eigenvalue weighted by Crippen LogP contribution is -2.18. The van der Waals surface area contributed by atoms with Crippen LogP contribution in [0, 0.1) is 5.88 Å². The Hall–Kier alpha value is -2.40. The summed E-state index contributed by atoms with van der Waals surface area (Å²) in [6.45, 7) is 2.92. The van der Waals surface area contributed by atoms with E-state index < -0.39 is 6.09 Å². The van der Waals surface area contributed by atoms with Crippen molar-refractivity contribution in [2.75, 3.05) is 11.9 Å². The van der Waals surface area contributed by atoms with Crippen LogP contribution >= 0.6 is 11.8 Å². The first-order valence-corrected chi connectivity index (χ1v) is 8.75. The number of para-hydroxylation sites is 1. The largest absolute Gasteiger partial charge is 0.450 e. The molecule has 3 rings (SSSR count). The lowest BCUT2D eigenvalue weighted by Gasteiger charge is -2.23. The highest BCUT2D eigenvalue weighted by molar-refractivity contribution is 8.04. The summed E-state index contributed by atoms with van der Waals surface area (Å²) in [4.78, 5) is 14.0. The van der Waals surface area contributed by atoms with Crippen LogP contribution in [0.1, 0.15) is 18.1 Å². The highest BCUT2D eigenvalue weighted by atomic mass is 32.2. The Morgan fingerprint density at radius 1 is 1.12 bits per heavy atom. The molecule has 123 valence electrons. The Morgan fingerprint density at radius 2 is 1.88 bits per heavy atom. The Labute approximate surface area is 146 Å². The molecule has 4 nitrogen and oxygen atoms in total. The van der Waals surface area contributed by atoms with Crippen LogP contribution in [-0.2, 0) is 11.3 Å². The van der Waals surface area contributed by atoms with Crippen molar-refractivity contribution in [2.45, 2.75) is 13.5 Å². The van der Waals surface area contributed by atoms with Gasteiger partial charge in [-0.15, -0.1) is 11.8 Å². The van der Waals surface area contributed by atoms with Crippen molar-refractivity contribution in [2.24, 2.45) is 0 Å². The van der Waals surface area contributed by atoms with E-state index in [-0.39, 0.29) is 0 Å². The molecule has 0 spiro atoms. The summed E-state index contributed by atoms with van der Waals surface area (Å²) in [5.41, 5.74) is 4.02. The molecule has 0 aliphatic carbocycles. The number of hydrogen-bond acceptors (Lipinski definition) is 4. The Balaban J connectivity index is 1.81. The fraction of sp³-hybridized carbons (Fsp3) is 0.158. The quantitative estimate of drug-likeness (QED) is 0.839. The number of hydrogen-bond donors (Lipinski definition) is 1. The van der Waals surface area contributed by atoms with Crippen molar-refractivity contribution >= 4 is 29.2 Å². The highest BCUT2D eigenvalue weighted by Crippen LogP contribution is 2.38. The predicted molar refractivity (Wildman–Crippen MR) is 98.9 cm³/mol. The molecular formula is C19H19N2O2S. The number of nitrogens with zero attached hydrogens (tertiary/aromatic N) is 1. The number of benzene rings is 2. The van der Waals surface area contributed by atoms with E-state index in [1.54, 1.807) is 18.7 Å². The molecule has 2 aromatic carbocycles. The van der Waals surface area contributed by atoms with Crippen LogP contribution in [0.15, 0.2) is 60.0 Å². The van der Waals surface area contributed by atoms with E-state index in [0.717, 1.165) is 23.5 Å². The third-order valence-electron chi connectivity index (χ3n) is 3.59. The van der Waals surface area contributed by atoms with Crippen molar-refractivity contribution in [3.63, 3.8) is 0 Å². The first-order chi connectivity index (χ1) is 11.8. The van der Waals surface area contributed by atoms with E-state index in [4.69, 9.17) is 4.74 Å². The van der Waals surface area contributed by atoms with Crippen LogP contribution < -0.4 is 5.32 Å². The van der Waals surface area contributed by atoms with Gasteiger partial charge in [-0.05, 0) is 24.0 Å². The maximum Gasteiger partial charge on any atom is 0.411 e. The maximum atomic E-state index is 11.8. The zero-order valence-electron chi connectivity index (χ0n) is 13.4. The molecule has 0 bridgehead atoms. The molecule has 1 aliphatic rings. The van der Waals surface area contributed by atoms with Gasteiger partial charge in [-0.1, -0.05) is 48.5 Å². The summed E-state index contributed by atoms with van der Waals surface area (Å²) in [6.07, 6.45) is -0.435. The van der Waals surface area contributed by atoms with Gasteiger partial charge in [-0.2, -0.15) is 0 Å². The molecule has 5 heteroatoms. The zero-order chi connectivity index (χ0) is 16.8. The summed E-state index contributed by atoms with van der Waals surface area (Å²) in [7, 11) is 0. The van der Waals surface area contributed by atoms with Gasteiger partial charge in [0.25, 0.3) is 0 Å². The van der Waals surface area contributed by atoms with Crippen LogP contribution in [0.3, 0.4) is 0 Å². The summed E-state index contributed by atoms with van der Waals surface area (Å²) in [6, 6.07) is 18.1.